The molecule has 3 rings (SSSR count). The minimum Gasteiger partial charge on any atom is -0.348 e. The molecule has 1 amide bonds. The highest BCUT2D eigenvalue weighted by atomic mass is 19.3. The molecule has 2 aromatic rings. The first-order valence-electron chi connectivity index (χ1n) is 10.0. The number of carbonyl (C=O) groups excluding carboxylic acids is 1. The summed E-state index contributed by atoms with van der Waals surface area (Å²) in [6, 6.07) is 12.9. The molecule has 1 aliphatic rings. The van der Waals surface area contributed by atoms with Crippen molar-refractivity contribution < 1.29 is 13.6 Å². The van der Waals surface area contributed by atoms with Gasteiger partial charge in [0.25, 0.3) is 5.92 Å². The van der Waals surface area contributed by atoms with Crippen LogP contribution in [0.25, 0.3) is 11.1 Å². The molecular weight excluding hydrogens is 370 g/mol. The standard InChI is InChI=1S/C24H30F2N2O/c1-23(2)12-13-28(16-22(29)27(4)5)15-19-14-18(8-11-21(19)23)17-6-9-20(10-7-17)24(3,25)26/h6-11,14H,12-13,15-16H2,1-5H3. The lowest BCUT2D eigenvalue weighted by molar-refractivity contribution is -0.130. The van der Waals surface area contributed by atoms with Gasteiger partial charge in [-0.2, -0.15) is 0 Å². The molecule has 2 aromatic carbocycles. The Balaban J connectivity index is 1.93. The number of rotatable bonds is 4. The highest BCUT2D eigenvalue weighted by Gasteiger charge is 2.29. The van der Waals surface area contributed by atoms with E-state index in [0.29, 0.717) is 13.1 Å². The first kappa shape index (κ1) is 21.4. The van der Waals surface area contributed by atoms with E-state index in [2.05, 4.69) is 36.9 Å². The van der Waals surface area contributed by atoms with Gasteiger partial charge in [-0.3, -0.25) is 9.69 Å². The summed E-state index contributed by atoms with van der Waals surface area (Å²) in [5, 5.41) is 0. The van der Waals surface area contributed by atoms with Gasteiger partial charge in [-0.25, -0.2) is 8.78 Å². The lowest BCUT2D eigenvalue weighted by Gasteiger charge is -2.25. The molecular formula is C24H30F2N2O. The summed E-state index contributed by atoms with van der Waals surface area (Å²) in [6.45, 7) is 7.35. The largest absolute Gasteiger partial charge is 0.348 e. The van der Waals surface area contributed by atoms with Crippen LogP contribution in [0, 0.1) is 0 Å². The van der Waals surface area contributed by atoms with Gasteiger partial charge in [0.15, 0.2) is 0 Å². The van der Waals surface area contributed by atoms with Gasteiger partial charge < -0.3 is 4.90 Å². The summed E-state index contributed by atoms with van der Waals surface area (Å²) >= 11 is 0. The van der Waals surface area contributed by atoms with Crippen LogP contribution < -0.4 is 0 Å². The van der Waals surface area contributed by atoms with E-state index >= 15 is 0 Å². The number of nitrogens with zero attached hydrogens (tertiary/aromatic N) is 2. The number of hydrogen-bond donors (Lipinski definition) is 0. The number of fused-ring (bicyclic) bond motifs is 1. The molecule has 156 valence electrons. The maximum Gasteiger partial charge on any atom is 0.270 e. The molecule has 5 heteroatoms. The van der Waals surface area contributed by atoms with Crippen LogP contribution in [-0.2, 0) is 22.7 Å². The Morgan fingerprint density at radius 1 is 1.10 bits per heavy atom. The number of halogens is 2. The van der Waals surface area contributed by atoms with Crippen molar-refractivity contribution in [2.75, 3.05) is 27.2 Å². The molecule has 0 aliphatic carbocycles. The molecule has 0 saturated carbocycles. The van der Waals surface area contributed by atoms with Crippen LogP contribution in [0.2, 0.25) is 0 Å². The van der Waals surface area contributed by atoms with Crippen LogP contribution in [0.3, 0.4) is 0 Å². The van der Waals surface area contributed by atoms with Crippen LogP contribution in [-0.4, -0.2) is 42.9 Å². The van der Waals surface area contributed by atoms with E-state index in [-0.39, 0.29) is 16.9 Å². The second-order valence-electron chi connectivity index (χ2n) is 8.97. The van der Waals surface area contributed by atoms with E-state index in [4.69, 9.17) is 0 Å². The lowest BCUT2D eigenvalue weighted by atomic mass is 9.79. The predicted octanol–water partition coefficient (Wildman–Crippen LogP) is 5.04. The maximum absolute atomic E-state index is 13.5. The molecule has 3 nitrogen and oxygen atoms in total. The van der Waals surface area contributed by atoms with Crippen molar-refractivity contribution in [3.05, 3.63) is 59.2 Å². The Morgan fingerprint density at radius 3 is 2.31 bits per heavy atom. The number of hydrogen-bond acceptors (Lipinski definition) is 2. The molecule has 0 unspecified atom stereocenters. The van der Waals surface area contributed by atoms with Crippen LogP contribution in [0.5, 0.6) is 0 Å². The highest BCUT2D eigenvalue weighted by Crippen LogP contribution is 2.36. The zero-order valence-electron chi connectivity index (χ0n) is 17.9. The van der Waals surface area contributed by atoms with Crippen LogP contribution >= 0.6 is 0 Å². The fourth-order valence-electron chi connectivity index (χ4n) is 3.88. The monoisotopic (exact) mass is 400 g/mol. The molecule has 0 radical (unpaired) electrons. The van der Waals surface area contributed by atoms with E-state index < -0.39 is 5.92 Å². The fraction of sp³-hybridized carbons (Fsp3) is 0.458. The van der Waals surface area contributed by atoms with E-state index in [1.807, 2.05) is 0 Å². The number of amides is 1. The summed E-state index contributed by atoms with van der Waals surface area (Å²) in [7, 11) is 3.55. The van der Waals surface area contributed by atoms with Crippen molar-refractivity contribution >= 4 is 5.91 Å². The van der Waals surface area contributed by atoms with Gasteiger partial charge in [-0.05, 0) is 46.7 Å². The lowest BCUT2D eigenvalue weighted by Crippen LogP contribution is -2.36. The zero-order valence-corrected chi connectivity index (χ0v) is 17.9. The summed E-state index contributed by atoms with van der Waals surface area (Å²) in [6.07, 6.45) is 0.973. The third-order valence-electron chi connectivity index (χ3n) is 5.86. The molecule has 0 saturated heterocycles. The van der Waals surface area contributed by atoms with Gasteiger partial charge in [0.1, 0.15) is 0 Å². The van der Waals surface area contributed by atoms with Gasteiger partial charge in [0.05, 0.1) is 6.54 Å². The van der Waals surface area contributed by atoms with Crippen LogP contribution in [0.15, 0.2) is 42.5 Å². The molecule has 0 fully saturated rings. The predicted molar refractivity (Wildman–Crippen MR) is 113 cm³/mol. The van der Waals surface area contributed by atoms with Crippen molar-refractivity contribution in [3.63, 3.8) is 0 Å². The number of likely N-dealkylation sites (N-methyl/N-ethyl adjacent to an activating group) is 1. The average Bonchev–Trinajstić information content (AvgIpc) is 2.77. The molecule has 0 spiro atoms. The normalized spacial score (nSPS) is 16.8. The van der Waals surface area contributed by atoms with Crippen molar-refractivity contribution in [1.82, 2.24) is 9.80 Å². The topological polar surface area (TPSA) is 23.6 Å². The number of alkyl halides is 2. The van der Waals surface area contributed by atoms with E-state index in [0.717, 1.165) is 31.0 Å². The Morgan fingerprint density at radius 2 is 1.72 bits per heavy atom. The van der Waals surface area contributed by atoms with Crippen molar-refractivity contribution in [1.29, 1.82) is 0 Å². The average molecular weight is 401 g/mol. The Hall–Kier alpha value is -2.27. The van der Waals surface area contributed by atoms with Crippen molar-refractivity contribution in [2.24, 2.45) is 0 Å². The highest BCUT2D eigenvalue weighted by molar-refractivity contribution is 5.77. The third-order valence-corrected chi connectivity index (χ3v) is 5.86. The van der Waals surface area contributed by atoms with Crippen LogP contribution in [0.1, 0.15) is 43.9 Å². The fourth-order valence-corrected chi connectivity index (χ4v) is 3.88. The second-order valence-corrected chi connectivity index (χ2v) is 8.97. The molecule has 0 bridgehead atoms. The van der Waals surface area contributed by atoms with E-state index in [1.165, 1.54) is 23.3 Å². The first-order chi connectivity index (χ1) is 13.5. The minimum absolute atomic E-state index is 0.0118. The molecule has 1 heterocycles. The van der Waals surface area contributed by atoms with Gasteiger partial charge in [0, 0.05) is 33.1 Å². The molecule has 1 aliphatic heterocycles. The van der Waals surface area contributed by atoms with E-state index in [1.54, 1.807) is 31.1 Å². The molecule has 0 N–H and O–H groups in total. The number of carbonyl (C=O) groups is 1. The third kappa shape index (κ3) is 4.84. The number of benzene rings is 2. The molecule has 29 heavy (non-hydrogen) atoms. The first-order valence-corrected chi connectivity index (χ1v) is 10.0. The SMILES string of the molecule is CN(C)C(=O)CN1CCC(C)(C)c2ccc(-c3ccc(C(C)(F)F)cc3)cc2C1. The summed E-state index contributed by atoms with van der Waals surface area (Å²) in [5.41, 5.74) is 4.44. The smallest absolute Gasteiger partial charge is 0.270 e. The second kappa shape index (κ2) is 7.86. The summed E-state index contributed by atoms with van der Waals surface area (Å²) in [4.78, 5) is 16.0. The van der Waals surface area contributed by atoms with Crippen molar-refractivity contribution in [3.8, 4) is 11.1 Å². The summed E-state index contributed by atoms with van der Waals surface area (Å²) < 4.78 is 27.0. The van der Waals surface area contributed by atoms with Crippen LogP contribution in [0.4, 0.5) is 8.78 Å². The summed E-state index contributed by atoms with van der Waals surface area (Å²) in [5.74, 6) is -2.74. The molecule has 0 atom stereocenters. The van der Waals surface area contributed by atoms with Gasteiger partial charge in [-0.1, -0.05) is 50.2 Å². The van der Waals surface area contributed by atoms with Gasteiger partial charge in [0.2, 0.25) is 5.91 Å². The Bertz CT molecular complexity index is 883. The quantitative estimate of drug-likeness (QED) is 0.718. The molecule has 0 aromatic heterocycles. The van der Waals surface area contributed by atoms with E-state index in [9.17, 15) is 13.6 Å². The van der Waals surface area contributed by atoms with Gasteiger partial charge >= 0.3 is 0 Å². The minimum atomic E-state index is -2.84. The Labute approximate surface area is 172 Å². The van der Waals surface area contributed by atoms with Gasteiger partial charge in [-0.15, -0.1) is 0 Å². The zero-order chi connectivity index (χ0) is 21.4. The van der Waals surface area contributed by atoms with Crippen molar-refractivity contribution in [2.45, 2.75) is 45.1 Å². The maximum atomic E-state index is 13.5. The Kier molecular flexibility index (Phi) is 5.81.